The van der Waals surface area contributed by atoms with Gasteiger partial charge >= 0.3 is 0 Å². The number of nitrogens with one attached hydrogen (secondary N) is 1. The normalized spacial score (nSPS) is 10.9. The molecule has 2 aromatic rings. The van der Waals surface area contributed by atoms with Crippen LogP contribution in [0.3, 0.4) is 0 Å². The summed E-state index contributed by atoms with van der Waals surface area (Å²) in [5.41, 5.74) is 5.17. The Kier molecular flexibility index (Phi) is 1.47. The van der Waals surface area contributed by atoms with Crippen LogP contribution in [0.15, 0.2) is 18.2 Å². The molecule has 1 heteroatoms. The fraction of sp³-hybridized carbons (Fsp3) is 0.273. The van der Waals surface area contributed by atoms with Crippen LogP contribution in [0, 0.1) is 20.8 Å². The van der Waals surface area contributed by atoms with Crippen LogP contribution in [0.4, 0.5) is 0 Å². The zero-order valence-corrected chi connectivity index (χ0v) is 7.73. The molecule has 0 amide bonds. The summed E-state index contributed by atoms with van der Waals surface area (Å²) in [6, 6.07) is 6.61. The zero-order chi connectivity index (χ0) is 8.72. The quantitative estimate of drug-likeness (QED) is 0.608. The average molecular weight is 159 g/mol. The Morgan fingerprint density at radius 1 is 1.00 bits per heavy atom. The Labute approximate surface area is 72.4 Å². The SMILES string of the molecule is Cc1cc(C)c2cc(C)[nH]c2c1. The summed E-state index contributed by atoms with van der Waals surface area (Å²) in [6.45, 7) is 6.38. The van der Waals surface area contributed by atoms with Gasteiger partial charge in [-0.25, -0.2) is 0 Å². The second-order valence-electron chi connectivity index (χ2n) is 3.50. The van der Waals surface area contributed by atoms with E-state index in [4.69, 9.17) is 0 Å². The van der Waals surface area contributed by atoms with Crippen LogP contribution in [0.25, 0.3) is 10.9 Å². The van der Waals surface area contributed by atoms with Gasteiger partial charge in [-0.3, -0.25) is 0 Å². The van der Waals surface area contributed by atoms with Crippen molar-refractivity contribution in [2.45, 2.75) is 20.8 Å². The highest BCUT2D eigenvalue weighted by atomic mass is 14.7. The first-order valence-electron chi connectivity index (χ1n) is 4.23. The van der Waals surface area contributed by atoms with E-state index in [2.05, 4.69) is 44.0 Å². The molecule has 0 aliphatic rings. The minimum absolute atomic E-state index is 1.23. The van der Waals surface area contributed by atoms with Gasteiger partial charge in [0.15, 0.2) is 0 Å². The lowest BCUT2D eigenvalue weighted by Gasteiger charge is -1.97. The van der Waals surface area contributed by atoms with E-state index in [1.165, 1.54) is 27.7 Å². The number of aryl methyl sites for hydroxylation is 3. The second kappa shape index (κ2) is 2.37. The largest absolute Gasteiger partial charge is 0.359 e. The van der Waals surface area contributed by atoms with Crippen LogP contribution in [-0.2, 0) is 0 Å². The molecule has 1 N–H and O–H groups in total. The first-order chi connectivity index (χ1) is 5.66. The van der Waals surface area contributed by atoms with Crippen molar-refractivity contribution in [1.29, 1.82) is 0 Å². The summed E-state index contributed by atoms with van der Waals surface area (Å²) in [5.74, 6) is 0. The highest BCUT2D eigenvalue weighted by Crippen LogP contribution is 2.20. The number of fused-ring (bicyclic) bond motifs is 1. The Hall–Kier alpha value is -1.24. The van der Waals surface area contributed by atoms with E-state index in [1.807, 2.05) is 0 Å². The lowest BCUT2D eigenvalue weighted by molar-refractivity contribution is 1.30. The van der Waals surface area contributed by atoms with Crippen LogP contribution in [0.2, 0.25) is 0 Å². The third kappa shape index (κ3) is 1.02. The van der Waals surface area contributed by atoms with Crippen LogP contribution in [-0.4, -0.2) is 4.98 Å². The first kappa shape index (κ1) is 7.41. The molecule has 0 aliphatic carbocycles. The van der Waals surface area contributed by atoms with E-state index in [0.29, 0.717) is 0 Å². The summed E-state index contributed by atoms with van der Waals surface area (Å²) in [4.78, 5) is 3.34. The monoisotopic (exact) mass is 159 g/mol. The molecule has 1 nitrogen and oxygen atoms in total. The van der Waals surface area contributed by atoms with Gasteiger partial charge in [0.05, 0.1) is 0 Å². The van der Waals surface area contributed by atoms with Gasteiger partial charge in [-0.15, -0.1) is 0 Å². The molecule has 62 valence electrons. The Morgan fingerprint density at radius 3 is 2.50 bits per heavy atom. The maximum atomic E-state index is 3.34. The molecular weight excluding hydrogens is 146 g/mol. The molecule has 12 heavy (non-hydrogen) atoms. The molecule has 0 saturated heterocycles. The van der Waals surface area contributed by atoms with Gasteiger partial charge in [-0.05, 0) is 44.0 Å². The summed E-state index contributed by atoms with van der Waals surface area (Å²) in [7, 11) is 0. The number of H-pyrrole nitrogens is 1. The molecule has 0 unspecified atom stereocenters. The van der Waals surface area contributed by atoms with Gasteiger partial charge < -0.3 is 4.98 Å². The number of rotatable bonds is 0. The standard InChI is InChI=1S/C11H13N/c1-7-4-8(2)10-6-9(3)12-11(10)5-7/h4-6,12H,1-3H3. The fourth-order valence-corrected chi connectivity index (χ4v) is 1.74. The van der Waals surface area contributed by atoms with E-state index < -0.39 is 0 Å². The van der Waals surface area contributed by atoms with Crippen molar-refractivity contribution < 1.29 is 0 Å². The van der Waals surface area contributed by atoms with E-state index in [-0.39, 0.29) is 0 Å². The van der Waals surface area contributed by atoms with Crippen molar-refractivity contribution in [3.8, 4) is 0 Å². The van der Waals surface area contributed by atoms with Gasteiger partial charge in [0.2, 0.25) is 0 Å². The summed E-state index contributed by atoms with van der Waals surface area (Å²) >= 11 is 0. The molecule has 0 atom stereocenters. The molecule has 1 heterocycles. The van der Waals surface area contributed by atoms with Gasteiger partial charge in [-0.2, -0.15) is 0 Å². The fourth-order valence-electron chi connectivity index (χ4n) is 1.74. The highest BCUT2D eigenvalue weighted by Gasteiger charge is 2.00. The Balaban J connectivity index is 2.88. The van der Waals surface area contributed by atoms with E-state index in [9.17, 15) is 0 Å². The number of benzene rings is 1. The average Bonchev–Trinajstić information content (AvgIpc) is 2.29. The van der Waals surface area contributed by atoms with Crippen molar-refractivity contribution in [3.05, 3.63) is 35.0 Å². The minimum Gasteiger partial charge on any atom is -0.359 e. The van der Waals surface area contributed by atoms with Crippen LogP contribution < -0.4 is 0 Å². The van der Waals surface area contributed by atoms with Crippen LogP contribution in [0.1, 0.15) is 16.8 Å². The molecule has 2 rings (SSSR count). The Morgan fingerprint density at radius 2 is 1.75 bits per heavy atom. The Bertz CT molecular complexity index is 424. The highest BCUT2D eigenvalue weighted by molar-refractivity contribution is 5.84. The third-order valence-corrected chi connectivity index (χ3v) is 2.22. The van der Waals surface area contributed by atoms with Crippen molar-refractivity contribution in [2.75, 3.05) is 0 Å². The number of hydrogen-bond donors (Lipinski definition) is 1. The molecule has 0 bridgehead atoms. The summed E-state index contributed by atoms with van der Waals surface area (Å²) in [6.07, 6.45) is 0. The van der Waals surface area contributed by atoms with Crippen molar-refractivity contribution in [3.63, 3.8) is 0 Å². The lowest BCUT2D eigenvalue weighted by atomic mass is 10.1. The van der Waals surface area contributed by atoms with Gasteiger partial charge in [-0.1, -0.05) is 6.07 Å². The molecule has 1 aromatic carbocycles. The minimum atomic E-state index is 1.23. The van der Waals surface area contributed by atoms with Gasteiger partial charge in [0.25, 0.3) is 0 Å². The maximum Gasteiger partial charge on any atom is 0.0461 e. The smallest absolute Gasteiger partial charge is 0.0461 e. The lowest BCUT2D eigenvalue weighted by Crippen LogP contribution is -1.77. The molecule has 1 aromatic heterocycles. The predicted molar refractivity (Wildman–Crippen MR) is 52.5 cm³/mol. The van der Waals surface area contributed by atoms with Crippen molar-refractivity contribution in [1.82, 2.24) is 4.98 Å². The number of hydrogen-bond acceptors (Lipinski definition) is 0. The second-order valence-corrected chi connectivity index (χ2v) is 3.50. The predicted octanol–water partition coefficient (Wildman–Crippen LogP) is 3.09. The summed E-state index contributed by atoms with van der Waals surface area (Å²) in [5, 5.41) is 1.35. The molecule has 0 fully saturated rings. The molecule has 0 aliphatic heterocycles. The van der Waals surface area contributed by atoms with E-state index in [1.54, 1.807) is 0 Å². The molecule has 0 radical (unpaired) electrons. The van der Waals surface area contributed by atoms with Crippen molar-refractivity contribution >= 4 is 10.9 Å². The number of aromatic nitrogens is 1. The number of aromatic amines is 1. The van der Waals surface area contributed by atoms with E-state index in [0.717, 1.165) is 0 Å². The van der Waals surface area contributed by atoms with Gasteiger partial charge in [0, 0.05) is 16.6 Å². The molecular formula is C11H13N. The summed E-state index contributed by atoms with van der Waals surface area (Å²) < 4.78 is 0. The molecule has 0 saturated carbocycles. The molecule has 0 spiro atoms. The topological polar surface area (TPSA) is 15.8 Å². The third-order valence-electron chi connectivity index (χ3n) is 2.22. The maximum absolute atomic E-state index is 3.34. The zero-order valence-electron chi connectivity index (χ0n) is 7.73. The van der Waals surface area contributed by atoms with E-state index >= 15 is 0 Å². The van der Waals surface area contributed by atoms with Gasteiger partial charge in [0.1, 0.15) is 0 Å². The van der Waals surface area contributed by atoms with Crippen molar-refractivity contribution in [2.24, 2.45) is 0 Å². The van der Waals surface area contributed by atoms with Crippen LogP contribution in [0.5, 0.6) is 0 Å². The first-order valence-corrected chi connectivity index (χ1v) is 4.23. The van der Waals surface area contributed by atoms with Crippen LogP contribution >= 0.6 is 0 Å².